The predicted molar refractivity (Wildman–Crippen MR) is 86.9 cm³/mol. The second-order valence-electron chi connectivity index (χ2n) is 6.03. The minimum atomic E-state index is 0.0224. The van der Waals surface area contributed by atoms with Gasteiger partial charge in [-0.2, -0.15) is 5.10 Å². The zero-order valence-electron chi connectivity index (χ0n) is 13.3. The first-order valence-corrected chi connectivity index (χ1v) is 8.23. The molecule has 0 aliphatic carbocycles. The predicted octanol–water partition coefficient (Wildman–Crippen LogP) is 1.87. The van der Waals surface area contributed by atoms with Gasteiger partial charge >= 0.3 is 0 Å². The average Bonchev–Trinajstić information content (AvgIpc) is 2.48. The Labute approximate surface area is 127 Å². The molecule has 0 aromatic carbocycles. The average molecular weight is 292 g/mol. The van der Waals surface area contributed by atoms with Gasteiger partial charge in [0.25, 0.3) is 5.56 Å². The molecule has 2 rings (SSSR count). The summed E-state index contributed by atoms with van der Waals surface area (Å²) in [4.78, 5) is 14.4. The van der Waals surface area contributed by atoms with Gasteiger partial charge in [0.05, 0.1) is 11.9 Å². The molecule has 0 amide bonds. The number of aromatic nitrogens is 2. The summed E-state index contributed by atoms with van der Waals surface area (Å²) in [6.45, 7) is 9.17. The molecule has 1 atom stereocenters. The number of piperidine rings is 1. The molecule has 1 aromatic heterocycles. The van der Waals surface area contributed by atoms with Gasteiger partial charge in [0.1, 0.15) is 0 Å². The van der Waals surface area contributed by atoms with Crippen LogP contribution in [0, 0.1) is 5.92 Å². The molecule has 0 radical (unpaired) electrons. The lowest BCUT2D eigenvalue weighted by atomic mass is 10.00. The summed E-state index contributed by atoms with van der Waals surface area (Å²) in [5.41, 5.74) is 1.00. The number of anilines is 1. The molecule has 5 heteroatoms. The van der Waals surface area contributed by atoms with Crippen LogP contribution in [0.2, 0.25) is 0 Å². The second kappa shape index (κ2) is 8.17. The summed E-state index contributed by atoms with van der Waals surface area (Å²) in [6, 6.07) is 1.75. The van der Waals surface area contributed by atoms with E-state index in [1.54, 1.807) is 10.7 Å². The van der Waals surface area contributed by atoms with E-state index < -0.39 is 0 Å². The minimum Gasteiger partial charge on any atom is -0.370 e. The molecular weight excluding hydrogens is 264 g/mol. The van der Waals surface area contributed by atoms with Crippen LogP contribution in [0.3, 0.4) is 0 Å². The highest BCUT2D eigenvalue weighted by atomic mass is 16.1. The number of nitrogens with one attached hydrogen (secondary N) is 1. The third-order valence-corrected chi connectivity index (χ3v) is 4.10. The fraction of sp³-hybridized carbons (Fsp3) is 0.750. The lowest BCUT2D eigenvalue weighted by molar-refractivity contribution is 0.445. The Balaban J connectivity index is 1.89. The Hall–Kier alpha value is -1.36. The Morgan fingerprint density at radius 3 is 3.00 bits per heavy atom. The lowest BCUT2D eigenvalue weighted by Crippen LogP contribution is -2.35. The SMILES string of the molecule is CCNCCCCn1ncc(N2CCCC(C)C2)cc1=O. The summed E-state index contributed by atoms with van der Waals surface area (Å²) >= 11 is 0. The van der Waals surface area contributed by atoms with Crippen molar-refractivity contribution >= 4 is 5.69 Å². The van der Waals surface area contributed by atoms with Crippen molar-refractivity contribution in [3.05, 3.63) is 22.6 Å². The van der Waals surface area contributed by atoms with Crippen LogP contribution in [-0.2, 0) is 6.54 Å². The van der Waals surface area contributed by atoms with Crippen molar-refractivity contribution in [3.63, 3.8) is 0 Å². The van der Waals surface area contributed by atoms with Crippen LogP contribution in [-0.4, -0.2) is 36.0 Å². The number of unbranched alkanes of at least 4 members (excludes halogenated alkanes) is 1. The minimum absolute atomic E-state index is 0.0224. The molecule has 5 nitrogen and oxygen atoms in total. The third-order valence-electron chi connectivity index (χ3n) is 4.10. The van der Waals surface area contributed by atoms with Gasteiger partial charge in [0.2, 0.25) is 0 Å². The van der Waals surface area contributed by atoms with Crippen LogP contribution in [0.25, 0.3) is 0 Å². The van der Waals surface area contributed by atoms with Crippen LogP contribution in [0.4, 0.5) is 5.69 Å². The van der Waals surface area contributed by atoms with Crippen molar-refractivity contribution in [2.75, 3.05) is 31.1 Å². The van der Waals surface area contributed by atoms with Gasteiger partial charge in [0, 0.05) is 25.7 Å². The van der Waals surface area contributed by atoms with E-state index in [2.05, 4.69) is 29.2 Å². The van der Waals surface area contributed by atoms with Crippen LogP contribution in [0.5, 0.6) is 0 Å². The molecule has 1 aliphatic rings. The number of hydrogen-bond donors (Lipinski definition) is 1. The monoisotopic (exact) mass is 292 g/mol. The molecule has 1 aliphatic heterocycles. The molecule has 118 valence electrons. The number of rotatable bonds is 7. The summed E-state index contributed by atoms with van der Waals surface area (Å²) in [7, 11) is 0. The fourth-order valence-electron chi connectivity index (χ4n) is 2.88. The number of aryl methyl sites for hydroxylation is 1. The van der Waals surface area contributed by atoms with Crippen molar-refractivity contribution in [3.8, 4) is 0 Å². The molecule has 0 bridgehead atoms. The molecule has 0 saturated carbocycles. The van der Waals surface area contributed by atoms with Gasteiger partial charge in [-0.25, -0.2) is 4.68 Å². The van der Waals surface area contributed by atoms with Gasteiger partial charge in [-0.05, 0) is 44.7 Å². The molecule has 1 aromatic rings. The maximum Gasteiger partial charge on any atom is 0.268 e. The standard InChI is InChI=1S/C16H28N4O/c1-3-17-8-4-5-10-20-16(21)11-15(12-18-20)19-9-6-7-14(2)13-19/h11-12,14,17H,3-10,13H2,1-2H3. The number of hydrogen-bond acceptors (Lipinski definition) is 4. The maximum atomic E-state index is 12.1. The summed E-state index contributed by atoms with van der Waals surface area (Å²) in [5.74, 6) is 0.701. The summed E-state index contributed by atoms with van der Waals surface area (Å²) in [5, 5.41) is 7.63. The van der Waals surface area contributed by atoms with E-state index in [9.17, 15) is 4.79 Å². The zero-order valence-corrected chi connectivity index (χ0v) is 13.3. The normalized spacial score (nSPS) is 19.0. The van der Waals surface area contributed by atoms with E-state index in [0.717, 1.165) is 44.7 Å². The highest BCUT2D eigenvalue weighted by molar-refractivity contribution is 5.43. The molecule has 2 heterocycles. The molecule has 1 fully saturated rings. The van der Waals surface area contributed by atoms with Crippen molar-refractivity contribution in [1.82, 2.24) is 15.1 Å². The van der Waals surface area contributed by atoms with Gasteiger partial charge in [-0.1, -0.05) is 13.8 Å². The van der Waals surface area contributed by atoms with Gasteiger partial charge in [-0.3, -0.25) is 4.79 Å². The highest BCUT2D eigenvalue weighted by Gasteiger charge is 2.17. The van der Waals surface area contributed by atoms with Crippen LogP contribution in [0.15, 0.2) is 17.1 Å². The Kier molecular flexibility index (Phi) is 6.23. The van der Waals surface area contributed by atoms with E-state index in [1.807, 2.05) is 6.20 Å². The van der Waals surface area contributed by atoms with E-state index in [0.29, 0.717) is 12.5 Å². The van der Waals surface area contributed by atoms with Crippen LogP contribution >= 0.6 is 0 Å². The van der Waals surface area contributed by atoms with Crippen LogP contribution < -0.4 is 15.8 Å². The fourth-order valence-corrected chi connectivity index (χ4v) is 2.88. The van der Waals surface area contributed by atoms with E-state index >= 15 is 0 Å². The van der Waals surface area contributed by atoms with Gasteiger partial charge in [0.15, 0.2) is 0 Å². The van der Waals surface area contributed by atoms with Crippen molar-refractivity contribution in [1.29, 1.82) is 0 Å². The van der Waals surface area contributed by atoms with E-state index in [1.165, 1.54) is 12.8 Å². The van der Waals surface area contributed by atoms with Crippen molar-refractivity contribution in [2.45, 2.75) is 46.1 Å². The first-order chi connectivity index (χ1) is 10.2. The Bertz CT molecular complexity index is 485. The molecule has 1 unspecified atom stereocenters. The first-order valence-electron chi connectivity index (χ1n) is 8.23. The first kappa shape index (κ1) is 16.0. The summed E-state index contributed by atoms with van der Waals surface area (Å²) < 4.78 is 1.59. The Morgan fingerprint density at radius 2 is 2.29 bits per heavy atom. The van der Waals surface area contributed by atoms with Crippen molar-refractivity contribution in [2.24, 2.45) is 5.92 Å². The molecule has 1 N–H and O–H groups in total. The molecule has 21 heavy (non-hydrogen) atoms. The molecule has 0 spiro atoms. The maximum absolute atomic E-state index is 12.1. The van der Waals surface area contributed by atoms with Crippen molar-refractivity contribution < 1.29 is 0 Å². The summed E-state index contributed by atoms with van der Waals surface area (Å²) in [6.07, 6.45) is 6.40. The molecule has 1 saturated heterocycles. The second-order valence-corrected chi connectivity index (χ2v) is 6.03. The Morgan fingerprint density at radius 1 is 1.43 bits per heavy atom. The topological polar surface area (TPSA) is 50.2 Å². The number of nitrogens with zero attached hydrogens (tertiary/aromatic N) is 3. The highest BCUT2D eigenvalue weighted by Crippen LogP contribution is 2.20. The van der Waals surface area contributed by atoms with Gasteiger partial charge < -0.3 is 10.2 Å². The van der Waals surface area contributed by atoms with E-state index in [4.69, 9.17) is 0 Å². The zero-order chi connectivity index (χ0) is 15.1. The smallest absolute Gasteiger partial charge is 0.268 e. The van der Waals surface area contributed by atoms with E-state index in [-0.39, 0.29) is 5.56 Å². The molecular formula is C16H28N4O. The largest absolute Gasteiger partial charge is 0.370 e. The quantitative estimate of drug-likeness (QED) is 0.780. The van der Waals surface area contributed by atoms with Gasteiger partial charge in [-0.15, -0.1) is 0 Å². The van der Waals surface area contributed by atoms with Crippen LogP contribution in [0.1, 0.15) is 39.5 Å². The third kappa shape index (κ3) is 4.84. The lowest BCUT2D eigenvalue weighted by Gasteiger charge is -2.32.